The Bertz CT molecular complexity index is 1080. The van der Waals surface area contributed by atoms with Crippen LogP contribution in [0.2, 0.25) is 0 Å². The minimum atomic E-state index is -3.80. The zero-order chi connectivity index (χ0) is 26.6. The van der Waals surface area contributed by atoms with Gasteiger partial charge in [0.25, 0.3) is 0 Å². The molecule has 1 aliphatic heterocycles. The van der Waals surface area contributed by atoms with E-state index in [1.165, 1.54) is 4.31 Å². The molecule has 0 bridgehead atoms. The van der Waals surface area contributed by atoms with Crippen LogP contribution in [0.1, 0.15) is 57.4 Å². The second-order valence-electron chi connectivity index (χ2n) is 9.01. The zero-order valence-corrected chi connectivity index (χ0v) is 22.1. The van der Waals surface area contributed by atoms with Crippen LogP contribution >= 0.6 is 0 Å². The molecule has 7 heteroatoms. The summed E-state index contributed by atoms with van der Waals surface area (Å²) in [5, 5.41) is 0. The first-order chi connectivity index (χ1) is 17.2. The number of carbonyl (C=O) groups is 3. The van der Waals surface area contributed by atoms with Crippen molar-refractivity contribution in [2.24, 2.45) is 5.92 Å². The number of carbonyl (C=O) groups excluding carboxylic acids is 3. The van der Waals surface area contributed by atoms with Crippen molar-refractivity contribution in [3.8, 4) is 0 Å². The standard InChI is InChI=1S/C23H31NO5S.C6H6/c1-4-6-10-21(25)23(27)18(8-5-2)16-22(26)20-9-7-15-24(20)30(28,29)19-13-11-17(3)12-14-19;1-2-4-6-5-3-1/h4,11-14,18,20H,1,5-10,15-16H2,2-3H3;1-6H/t18?,20-;/m0./s1. The summed E-state index contributed by atoms with van der Waals surface area (Å²) in [4.78, 5) is 37.9. The monoisotopic (exact) mass is 511 g/mol. The topological polar surface area (TPSA) is 88.6 Å². The molecule has 1 unspecified atom stereocenters. The number of benzene rings is 2. The van der Waals surface area contributed by atoms with Crippen molar-refractivity contribution in [2.75, 3.05) is 6.54 Å². The lowest BCUT2D eigenvalue weighted by Crippen LogP contribution is -2.41. The summed E-state index contributed by atoms with van der Waals surface area (Å²) in [6, 6.07) is 17.8. The third kappa shape index (κ3) is 8.35. The maximum absolute atomic E-state index is 13.1. The second-order valence-corrected chi connectivity index (χ2v) is 10.9. The predicted octanol–water partition coefficient (Wildman–Crippen LogP) is 5.31. The number of nitrogens with zero attached hydrogens (tertiary/aromatic N) is 1. The summed E-state index contributed by atoms with van der Waals surface area (Å²) in [5.41, 5.74) is 0.949. The van der Waals surface area contributed by atoms with Crippen LogP contribution in [-0.2, 0) is 24.4 Å². The Morgan fingerprint density at radius 1 is 1.06 bits per heavy atom. The van der Waals surface area contributed by atoms with Gasteiger partial charge in [0, 0.05) is 25.3 Å². The van der Waals surface area contributed by atoms with E-state index in [2.05, 4.69) is 6.58 Å². The Hall–Kier alpha value is -2.90. The molecule has 3 rings (SSSR count). The smallest absolute Gasteiger partial charge is 0.243 e. The van der Waals surface area contributed by atoms with Crippen molar-refractivity contribution in [1.82, 2.24) is 4.31 Å². The van der Waals surface area contributed by atoms with Gasteiger partial charge in [0.15, 0.2) is 11.6 Å². The SMILES string of the molecule is C=CCCC(=O)C(=O)C(CCC)CC(=O)[C@@H]1CCCN1S(=O)(=O)c1ccc(C)cc1.c1ccccc1. The fraction of sp³-hybridized carbons (Fsp3) is 0.414. The van der Waals surface area contributed by atoms with Crippen LogP contribution in [0.5, 0.6) is 0 Å². The van der Waals surface area contributed by atoms with Gasteiger partial charge in [-0.15, -0.1) is 6.58 Å². The van der Waals surface area contributed by atoms with Crippen LogP contribution in [0.15, 0.2) is 78.2 Å². The van der Waals surface area contributed by atoms with Crippen molar-refractivity contribution < 1.29 is 22.8 Å². The van der Waals surface area contributed by atoms with Gasteiger partial charge in [0.2, 0.25) is 15.8 Å². The fourth-order valence-electron chi connectivity index (χ4n) is 4.22. The molecular formula is C29H37NO5S. The molecule has 0 aliphatic carbocycles. The normalized spacial score (nSPS) is 16.4. The molecule has 1 fully saturated rings. The summed E-state index contributed by atoms with van der Waals surface area (Å²) in [6.45, 7) is 7.60. The Labute approximate surface area is 215 Å². The Balaban J connectivity index is 0.000000662. The molecule has 2 atom stereocenters. The first-order valence-electron chi connectivity index (χ1n) is 12.5. The van der Waals surface area contributed by atoms with E-state index in [9.17, 15) is 22.8 Å². The van der Waals surface area contributed by atoms with Crippen molar-refractivity contribution in [2.45, 2.75) is 69.7 Å². The van der Waals surface area contributed by atoms with E-state index in [1.54, 1.807) is 30.3 Å². The number of rotatable bonds is 12. The quantitative estimate of drug-likeness (QED) is 0.284. The highest BCUT2D eigenvalue weighted by molar-refractivity contribution is 7.89. The van der Waals surface area contributed by atoms with Gasteiger partial charge in [-0.05, 0) is 44.7 Å². The third-order valence-corrected chi connectivity index (χ3v) is 8.10. The van der Waals surface area contributed by atoms with Crippen LogP contribution in [0.3, 0.4) is 0 Å². The van der Waals surface area contributed by atoms with Crippen molar-refractivity contribution in [3.63, 3.8) is 0 Å². The molecule has 0 amide bonds. The Morgan fingerprint density at radius 3 is 2.17 bits per heavy atom. The molecule has 2 aromatic carbocycles. The summed E-state index contributed by atoms with van der Waals surface area (Å²) >= 11 is 0. The van der Waals surface area contributed by atoms with E-state index in [0.29, 0.717) is 32.1 Å². The predicted molar refractivity (Wildman–Crippen MR) is 142 cm³/mol. The maximum atomic E-state index is 13.1. The molecule has 194 valence electrons. The lowest BCUT2D eigenvalue weighted by atomic mass is 9.88. The Morgan fingerprint density at radius 2 is 1.64 bits per heavy atom. The molecular weight excluding hydrogens is 474 g/mol. The number of aryl methyl sites for hydroxylation is 1. The molecule has 0 radical (unpaired) electrons. The van der Waals surface area contributed by atoms with Crippen LogP contribution in [0.25, 0.3) is 0 Å². The van der Waals surface area contributed by atoms with Gasteiger partial charge in [0.05, 0.1) is 10.9 Å². The van der Waals surface area contributed by atoms with Crippen LogP contribution < -0.4 is 0 Å². The zero-order valence-electron chi connectivity index (χ0n) is 21.3. The number of hydrogen-bond acceptors (Lipinski definition) is 5. The minimum absolute atomic E-state index is 0.0914. The third-order valence-electron chi connectivity index (χ3n) is 6.18. The van der Waals surface area contributed by atoms with Crippen molar-refractivity contribution in [3.05, 3.63) is 78.9 Å². The molecule has 2 aromatic rings. The molecule has 0 spiro atoms. The average molecular weight is 512 g/mol. The van der Waals surface area contributed by atoms with Gasteiger partial charge < -0.3 is 0 Å². The number of Topliss-reactive ketones (excluding diaryl/α,β-unsaturated/α-hetero) is 3. The van der Waals surface area contributed by atoms with Crippen molar-refractivity contribution in [1.29, 1.82) is 0 Å². The lowest BCUT2D eigenvalue weighted by molar-refractivity contribution is -0.140. The molecule has 0 N–H and O–H groups in total. The van der Waals surface area contributed by atoms with Crippen molar-refractivity contribution >= 4 is 27.4 Å². The van der Waals surface area contributed by atoms with Crippen LogP contribution in [0, 0.1) is 12.8 Å². The van der Waals surface area contributed by atoms with E-state index in [1.807, 2.05) is 50.2 Å². The lowest BCUT2D eigenvalue weighted by Gasteiger charge is -2.24. The summed E-state index contributed by atoms with van der Waals surface area (Å²) < 4.78 is 27.4. The van der Waals surface area contributed by atoms with E-state index in [-0.39, 0.29) is 30.1 Å². The first kappa shape index (κ1) is 29.3. The van der Waals surface area contributed by atoms with E-state index >= 15 is 0 Å². The maximum Gasteiger partial charge on any atom is 0.243 e. The molecule has 0 saturated carbocycles. The second kappa shape index (κ2) is 14.6. The van der Waals surface area contributed by atoms with Gasteiger partial charge in [-0.25, -0.2) is 8.42 Å². The van der Waals surface area contributed by atoms with E-state index in [0.717, 1.165) is 5.56 Å². The van der Waals surface area contributed by atoms with E-state index < -0.39 is 33.5 Å². The van der Waals surface area contributed by atoms with Crippen LogP contribution in [-0.4, -0.2) is 42.7 Å². The Kier molecular flexibility index (Phi) is 11.9. The largest absolute Gasteiger partial charge is 0.298 e. The van der Waals surface area contributed by atoms with Gasteiger partial charge in [0.1, 0.15) is 0 Å². The number of hydrogen-bond donors (Lipinski definition) is 0. The molecule has 1 heterocycles. The van der Waals surface area contributed by atoms with E-state index in [4.69, 9.17) is 0 Å². The fourth-order valence-corrected chi connectivity index (χ4v) is 5.90. The van der Waals surface area contributed by atoms with Gasteiger partial charge in [-0.1, -0.05) is 73.5 Å². The van der Waals surface area contributed by atoms with Gasteiger partial charge >= 0.3 is 0 Å². The molecule has 1 aliphatic rings. The highest BCUT2D eigenvalue weighted by Gasteiger charge is 2.40. The molecule has 0 aromatic heterocycles. The highest BCUT2D eigenvalue weighted by Crippen LogP contribution is 2.29. The minimum Gasteiger partial charge on any atom is -0.298 e. The van der Waals surface area contributed by atoms with Gasteiger partial charge in [-0.3, -0.25) is 14.4 Å². The molecule has 36 heavy (non-hydrogen) atoms. The summed E-state index contributed by atoms with van der Waals surface area (Å²) in [7, 11) is -3.80. The first-order valence-corrected chi connectivity index (χ1v) is 14.0. The highest BCUT2D eigenvalue weighted by atomic mass is 32.2. The summed E-state index contributed by atoms with van der Waals surface area (Å²) in [6.07, 6.45) is 4.11. The average Bonchev–Trinajstić information content (AvgIpc) is 3.39. The summed E-state index contributed by atoms with van der Waals surface area (Å²) in [5.74, 6) is -1.99. The number of allylic oxidation sites excluding steroid dienone is 1. The number of sulfonamides is 1. The molecule has 6 nitrogen and oxygen atoms in total. The van der Waals surface area contributed by atoms with Gasteiger partial charge in [-0.2, -0.15) is 4.31 Å². The number of ketones is 3. The molecule has 1 saturated heterocycles. The van der Waals surface area contributed by atoms with Crippen LogP contribution in [0.4, 0.5) is 0 Å².